The minimum absolute atomic E-state index is 0.0989. The maximum atomic E-state index is 10.8. The van der Waals surface area contributed by atoms with Crippen LogP contribution in [-0.2, 0) is 0 Å². The number of rotatable bonds is 6. The summed E-state index contributed by atoms with van der Waals surface area (Å²) >= 11 is 0. The molecule has 9 N–H and O–H groups in total. The van der Waals surface area contributed by atoms with Crippen LogP contribution in [0, 0.1) is 0 Å². The molecule has 0 aromatic heterocycles. The Balaban J connectivity index is 1.32. The van der Waals surface area contributed by atoms with Gasteiger partial charge in [0.25, 0.3) is 0 Å². The normalized spacial score (nSPS) is 12.8. The third-order valence-electron chi connectivity index (χ3n) is 10.4. The van der Waals surface area contributed by atoms with Crippen molar-refractivity contribution >= 4 is 46.0 Å². The van der Waals surface area contributed by atoms with E-state index in [4.69, 9.17) is 12.6 Å². The van der Waals surface area contributed by atoms with Crippen molar-refractivity contribution in [2.45, 2.75) is 12.8 Å². The van der Waals surface area contributed by atoms with Crippen LogP contribution in [0.15, 0.2) is 103 Å². The summed E-state index contributed by atoms with van der Waals surface area (Å²) in [6.07, 6.45) is 5.54. The lowest BCUT2D eigenvalue weighted by Gasteiger charge is -2.23. The Kier molecular flexibility index (Phi) is 8.57. The Morgan fingerprint density at radius 1 is 0.482 bits per heavy atom. The summed E-state index contributed by atoms with van der Waals surface area (Å²) < 4.78 is 5.89. The van der Waals surface area contributed by atoms with Crippen molar-refractivity contribution in [2.24, 2.45) is 0 Å². The van der Waals surface area contributed by atoms with Crippen LogP contribution in [0.25, 0.3) is 66.1 Å². The van der Waals surface area contributed by atoms with Crippen molar-refractivity contribution in [3.8, 4) is 90.9 Å². The maximum absolute atomic E-state index is 10.8. The number of hydrogen-bond donors (Lipinski definition) is 9. The Morgan fingerprint density at radius 3 is 1.52 bits per heavy atom. The summed E-state index contributed by atoms with van der Waals surface area (Å²) in [6, 6.07) is 28.1. The summed E-state index contributed by atoms with van der Waals surface area (Å²) in [5.74, 6) is -7.52. The van der Waals surface area contributed by atoms with Crippen LogP contribution in [0.5, 0.6) is 57.5 Å². The molecular weight excluding hydrogens is 711 g/mol. The molecule has 0 saturated carbocycles. The second-order valence-electron chi connectivity index (χ2n) is 13.5. The molecule has 0 aliphatic heterocycles. The van der Waals surface area contributed by atoms with Gasteiger partial charge in [0.2, 0.25) is 28.7 Å². The summed E-state index contributed by atoms with van der Waals surface area (Å²) in [5.41, 5.74) is 5.01. The number of ether oxygens (including phenoxy) is 1. The number of fused-ring (bicyclic) bond motifs is 2. The molecule has 0 saturated heterocycles. The van der Waals surface area contributed by atoms with E-state index in [2.05, 4.69) is 12.2 Å². The predicted octanol–water partition coefficient (Wildman–Crippen LogP) is 8.41. The molecule has 0 fully saturated rings. The smallest absolute Gasteiger partial charge is 0.208 e. The molecule has 1 aliphatic carbocycles. The SMILES string of the molecule is [B]c1c(O)c(O)c(O)c(O)c1-c1cccc(C2=CCCC(c3c4ccccc4c(-c4cccc(-c5c(O)c(O)c(O)c(O)c5O)c4)c4ccccc34)=C2)c1OC. The highest BCUT2D eigenvalue weighted by Gasteiger charge is 2.27. The Morgan fingerprint density at radius 2 is 0.946 bits per heavy atom. The summed E-state index contributed by atoms with van der Waals surface area (Å²) in [7, 11) is 7.62. The summed E-state index contributed by atoms with van der Waals surface area (Å²) in [4.78, 5) is 0. The van der Waals surface area contributed by atoms with Crippen LogP contribution >= 0.6 is 0 Å². The van der Waals surface area contributed by atoms with Crippen molar-refractivity contribution in [3.63, 3.8) is 0 Å². The largest absolute Gasteiger partial charge is 0.505 e. The zero-order valence-corrected chi connectivity index (χ0v) is 29.7. The highest BCUT2D eigenvalue weighted by molar-refractivity contribution is 6.39. The average molecular weight is 745 g/mol. The van der Waals surface area contributed by atoms with Crippen molar-refractivity contribution in [3.05, 3.63) is 114 Å². The molecule has 2 radical (unpaired) electrons. The number of phenolic OH excluding ortho intramolecular Hbond substituents is 9. The minimum Gasteiger partial charge on any atom is -0.505 e. The molecule has 56 heavy (non-hydrogen) atoms. The number of methoxy groups -OCH3 is 1. The van der Waals surface area contributed by atoms with Crippen molar-refractivity contribution in [1.29, 1.82) is 0 Å². The predicted molar refractivity (Wildman–Crippen MR) is 216 cm³/mol. The third-order valence-corrected chi connectivity index (χ3v) is 10.4. The standard InChI is InChI=1S/C45H33BO10/c1-56-45-25(17-8-18-30(45)34-35(46)39(50)43(54)42(53)38(34)49)21-9-6-10-22(19-21)31-26-13-2-4-15-28(26)32(29-16-5-3-14-27(29)31)23-11-7-12-24(20-23)33-36(47)40(51)44(55)41(52)37(33)48/h2-5,7-9,11-20,47-55H,6,10H2,1H3. The van der Waals surface area contributed by atoms with Gasteiger partial charge in [-0.05, 0) is 79.3 Å². The van der Waals surface area contributed by atoms with E-state index in [1.165, 1.54) is 7.11 Å². The fraction of sp³-hybridized carbons (Fsp3) is 0.0667. The first-order valence-corrected chi connectivity index (χ1v) is 17.5. The molecule has 7 aromatic rings. The number of allylic oxidation sites excluding steroid dienone is 4. The van der Waals surface area contributed by atoms with Crippen LogP contribution in [0.2, 0.25) is 0 Å². The Bertz CT molecular complexity index is 2740. The molecule has 0 amide bonds. The second-order valence-corrected chi connectivity index (χ2v) is 13.5. The molecule has 276 valence electrons. The first-order valence-electron chi connectivity index (χ1n) is 17.5. The Hall–Kier alpha value is -7.40. The molecule has 1 aliphatic rings. The number of benzene rings is 7. The molecular formula is C45H33BO10. The molecule has 0 spiro atoms. The van der Waals surface area contributed by atoms with E-state index in [0.717, 1.165) is 49.4 Å². The van der Waals surface area contributed by atoms with Gasteiger partial charge in [0.05, 0.1) is 12.7 Å². The van der Waals surface area contributed by atoms with Gasteiger partial charge >= 0.3 is 0 Å². The number of para-hydroxylation sites is 1. The van der Waals surface area contributed by atoms with Gasteiger partial charge in [0, 0.05) is 16.7 Å². The molecule has 0 bridgehead atoms. The minimum atomic E-state index is -1.03. The van der Waals surface area contributed by atoms with Gasteiger partial charge in [-0.1, -0.05) is 97.1 Å². The van der Waals surface area contributed by atoms with Gasteiger partial charge in [-0.3, -0.25) is 0 Å². The van der Waals surface area contributed by atoms with E-state index in [0.29, 0.717) is 24.2 Å². The third kappa shape index (κ3) is 5.35. The number of hydrogen-bond acceptors (Lipinski definition) is 10. The second kappa shape index (κ2) is 13.5. The van der Waals surface area contributed by atoms with E-state index in [1.54, 1.807) is 30.3 Å². The summed E-state index contributed by atoms with van der Waals surface area (Å²) in [6.45, 7) is 0. The van der Waals surface area contributed by atoms with Gasteiger partial charge in [-0.2, -0.15) is 0 Å². The van der Waals surface area contributed by atoms with Crippen LogP contribution in [0.3, 0.4) is 0 Å². The fourth-order valence-corrected chi connectivity index (χ4v) is 7.83. The van der Waals surface area contributed by atoms with E-state index in [1.807, 2.05) is 60.7 Å². The van der Waals surface area contributed by atoms with Gasteiger partial charge in [-0.25, -0.2) is 0 Å². The molecule has 0 heterocycles. The highest BCUT2D eigenvalue weighted by Crippen LogP contribution is 2.56. The van der Waals surface area contributed by atoms with E-state index < -0.39 is 51.7 Å². The number of phenols is 9. The zero-order chi connectivity index (χ0) is 39.6. The monoisotopic (exact) mass is 744 g/mol. The van der Waals surface area contributed by atoms with Crippen LogP contribution in [-0.4, -0.2) is 60.9 Å². The number of aromatic hydroxyl groups is 9. The molecule has 7 aromatic carbocycles. The topological polar surface area (TPSA) is 191 Å². The van der Waals surface area contributed by atoms with Crippen LogP contribution in [0.1, 0.15) is 24.0 Å². The van der Waals surface area contributed by atoms with Crippen molar-refractivity contribution < 1.29 is 50.7 Å². The lowest BCUT2D eigenvalue weighted by atomic mass is 9.81. The highest BCUT2D eigenvalue weighted by atomic mass is 16.5. The Labute approximate surface area is 321 Å². The van der Waals surface area contributed by atoms with Crippen LogP contribution in [0.4, 0.5) is 0 Å². The molecule has 0 unspecified atom stereocenters. The van der Waals surface area contributed by atoms with Gasteiger partial charge in [0.15, 0.2) is 23.0 Å². The van der Waals surface area contributed by atoms with Crippen LogP contribution < -0.4 is 10.2 Å². The van der Waals surface area contributed by atoms with E-state index in [-0.39, 0.29) is 27.7 Å². The van der Waals surface area contributed by atoms with Gasteiger partial charge in [-0.15, -0.1) is 0 Å². The quantitative estimate of drug-likeness (QED) is 0.0346. The molecule has 11 heteroatoms. The molecule has 10 nitrogen and oxygen atoms in total. The van der Waals surface area contributed by atoms with Gasteiger partial charge in [0.1, 0.15) is 13.6 Å². The van der Waals surface area contributed by atoms with E-state index in [9.17, 15) is 46.0 Å². The molecule has 8 rings (SSSR count). The lowest BCUT2D eigenvalue weighted by Crippen LogP contribution is -2.09. The fourth-order valence-electron chi connectivity index (χ4n) is 7.83. The first-order chi connectivity index (χ1) is 26.9. The zero-order valence-electron chi connectivity index (χ0n) is 29.7. The maximum Gasteiger partial charge on any atom is 0.208 e. The van der Waals surface area contributed by atoms with E-state index >= 15 is 0 Å². The molecule has 0 atom stereocenters. The summed E-state index contributed by atoms with van der Waals surface area (Å²) in [5, 5.41) is 97.5. The van der Waals surface area contributed by atoms with Crippen molar-refractivity contribution in [1.82, 2.24) is 0 Å². The average Bonchev–Trinajstić information content (AvgIpc) is 3.22. The van der Waals surface area contributed by atoms with Gasteiger partial charge < -0.3 is 50.7 Å². The first kappa shape index (κ1) is 35.6. The van der Waals surface area contributed by atoms with Crippen molar-refractivity contribution in [2.75, 3.05) is 7.11 Å². The lowest BCUT2D eigenvalue weighted by molar-refractivity contribution is 0.330.